The van der Waals surface area contributed by atoms with Gasteiger partial charge in [-0.1, -0.05) is 48.5 Å². The standard InChI is InChI=1S/C23H26O5.ClH/c1-16-14-26-15-20(13-18-9-5-3-6-10-18)21(17(2)27-22(16)24)28-23(25)19-11-7-4-8-12-19;/h3-12,16-17,20-21H,13-15H2,1-2H3;1H/p-1/t16-,17-,20-,21-;/m0./s1. The Morgan fingerprint density at radius 3 is 2.28 bits per heavy atom. The summed E-state index contributed by atoms with van der Waals surface area (Å²) in [6.07, 6.45) is -0.524. The molecule has 0 radical (unpaired) electrons. The summed E-state index contributed by atoms with van der Waals surface area (Å²) in [7, 11) is 0. The Balaban J connectivity index is 0.00000300. The summed E-state index contributed by atoms with van der Waals surface area (Å²) < 4.78 is 17.3. The van der Waals surface area contributed by atoms with Gasteiger partial charge in [0.1, 0.15) is 12.2 Å². The van der Waals surface area contributed by atoms with E-state index in [0.717, 1.165) is 5.56 Å². The Kier molecular flexibility index (Phi) is 8.68. The van der Waals surface area contributed by atoms with Gasteiger partial charge in [0.2, 0.25) is 0 Å². The van der Waals surface area contributed by atoms with Gasteiger partial charge in [-0.25, -0.2) is 4.79 Å². The zero-order chi connectivity index (χ0) is 19.9. The number of hydrogen-bond donors (Lipinski definition) is 0. The first-order valence-corrected chi connectivity index (χ1v) is 9.62. The molecule has 0 saturated carbocycles. The van der Waals surface area contributed by atoms with Crippen LogP contribution in [0.4, 0.5) is 0 Å². The fraction of sp³-hybridized carbons (Fsp3) is 0.391. The summed E-state index contributed by atoms with van der Waals surface area (Å²) in [4.78, 5) is 24.9. The molecule has 0 bridgehead atoms. The number of cyclic esters (lactones) is 1. The second-order valence-electron chi connectivity index (χ2n) is 7.27. The van der Waals surface area contributed by atoms with E-state index in [9.17, 15) is 9.59 Å². The lowest BCUT2D eigenvalue weighted by Crippen LogP contribution is -3.00. The van der Waals surface area contributed by atoms with Crippen molar-refractivity contribution in [2.45, 2.75) is 32.5 Å². The van der Waals surface area contributed by atoms with Crippen molar-refractivity contribution in [3.8, 4) is 0 Å². The van der Waals surface area contributed by atoms with Crippen molar-refractivity contribution in [1.82, 2.24) is 0 Å². The molecule has 6 heteroatoms. The highest BCUT2D eigenvalue weighted by atomic mass is 35.5. The monoisotopic (exact) mass is 417 g/mol. The fourth-order valence-electron chi connectivity index (χ4n) is 3.36. The lowest BCUT2D eigenvalue weighted by atomic mass is 9.91. The van der Waals surface area contributed by atoms with Gasteiger partial charge >= 0.3 is 11.9 Å². The second-order valence-corrected chi connectivity index (χ2v) is 7.27. The zero-order valence-corrected chi connectivity index (χ0v) is 17.4. The summed E-state index contributed by atoms with van der Waals surface area (Å²) in [5.74, 6) is -1.26. The average molecular weight is 418 g/mol. The molecule has 2 aromatic rings. The minimum absolute atomic E-state index is 0. The van der Waals surface area contributed by atoms with Gasteiger partial charge in [0, 0.05) is 5.92 Å². The van der Waals surface area contributed by atoms with Gasteiger partial charge in [-0.05, 0) is 38.0 Å². The van der Waals surface area contributed by atoms with Gasteiger partial charge < -0.3 is 26.6 Å². The van der Waals surface area contributed by atoms with E-state index in [0.29, 0.717) is 18.6 Å². The molecule has 0 amide bonds. The molecule has 0 aromatic heterocycles. The highest BCUT2D eigenvalue weighted by molar-refractivity contribution is 5.89. The Bertz CT molecular complexity index is 780. The van der Waals surface area contributed by atoms with Crippen LogP contribution in [0.15, 0.2) is 60.7 Å². The van der Waals surface area contributed by atoms with Crippen molar-refractivity contribution in [3.05, 3.63) is 71.8 Å². The summed E-state index contributed by atoms with van der Waals surface area (Å²) in [5, 5.41) is 0. The molecule has 1 fully saturated rings. The molecular formula is C23H26ClO5-. The predicted octanol–water partition coefficient (Wildman–Crippen LogP) is 0.673. The summed E-state index contributed by atoms with van der Waals surface area (Å²) in [5.41, 5.74) is 1.58. The smallest absolute Gasteiger partial charge is 0.338 e. The SMILES string of the molecule is C[C@@H]1OC(=O)[C@@H](C)COC[C@H](Cc2ccccc2)[C@H]1OC(=O)c1ccccc1.[Cl-]. The molecular weight excluding hydrogens is 392 g/mol. The molecule has 1 aliphatic rings. The van der Waals surface area contributed by atoms with Crippen LogP contribution >= 0.6 is 0 Å². The van der Waals surface area contributed by atoms with Crippen LogP contribution in [0.3, 0.4) is 0 Å². The number of halogens is 1. The summed E-state index contributed by atoms with van der Waals surface area (Å²) in [6, 6.07) is 18.8. The molecule has 0 spiro atoms. The number of carbonyl (C=O) groups excluding carboxylic acids is 2. The Labute approximate surface area is 177 Å². The van der Waals surface area contributed by atoms with E-state index in [-0.39, 0.29) is 36.8 Å². The van der Waals surface area contributed by atoms with Crippen LogP contribution in [-0.2, 0) is 25.4 Å². The van der Waals surface area contributed by atoms with Crippen molar-refractivity contribution in [1.29, 1.82) is 0 Å². The minimum Gasteiger partial charge on any atom is -1.00 e. The third-order valence-corrected chi connectivity index (χ3v) is 4.92. The molecule has 156 valence electrons. The number of hydrogen-bond acceptors (Lipinski definition) is 5. The van der Waals surface area contributed by atoms with Gasteiger partial charge in [0.05, 0.1) is 24.7 Å². The quantitative estimate of drug-likeness (QED) is 0.684. The lowest BCUT2D eigenvalue weighted by Gasteiger charge is -2.30. The van der Waals surface area contributed by atoms with E-state index in [1.165, 1.54) is 0 Å². The number of benzene rings is 2. The van der Waals surface area contributed by atoms with Crippen LogP contribution in [-0.4, -0.2) is 37.4 Å². The zero-order valence-electron chi connectivity index (χ0n) is 16.6. The molecule has 0 aliphatic carbocycles. The number of rotatable bonds is 4. The first-order chi connectivity index (χ1) is 13.5. The molecule has 1 saturated heterocycles. The van der Waals surface area contributed by atoms with E-state index in [2.05, 4.69) is 0 Å². The maximum Gasteiger partial charge on any atom is 0.338 e. The molecule has 29 heavy (non-hydrogen) atoms. The normalized spacial score (nSPS) is 24.8. The average Bonchev–Trinajstić information content (AvgIpc) is 2.75. The van der Waals surface area contributed by atoms with Crippen LogP contribution in [0.2, 0.25) is 0 Å². The fourth-order valence-corrected chi connectivity index (χ4v) is 3.36. The van der Waals surface area contributed by atoms with Crippen LogP contribution in [0, 0.1) is 11.8 Å². The molecule has 0 unspecified atom stereocenters. The van der Waals surface area contributed by atoms with E-state index in [1.807, 2.05) is 36.4 Å². The topological polar surface area (TPSA) is 61.8 Å². The van der Waals surface area contributed by atoms with Crippen molar-refractivity contribution >= 4 is 11.9 Å². The number of ether oxygens (including phenoxy) is 3. The molecule has 5 nitrogen and oxygen atoms in total. The molecule has 4 atom stereocenters. The van der Waals surface area contributed by atoms with Crippen LogP contribution in [0.5, 0.6) is 0 Å². The van der Waals surface area contributed by atoms with Crippen LogP contribution in [0.25, 0.3) is 0 Å². The largest absolute Gasteiger partial charge is 1.00 e. The molecule has 2 aromatic carbocycles. The van der Waals surface area contributed by atoms with Crippen LogP contribution in [0.1, 0.15) is 29.8 Å². The molecule has 3 rings (SSSR count). The maximum atomic E-state index is 12.7. The third kappa shape index (κ3) is 6.31. The summed E-state index contributed by atoms with van der Waals surface area (Å²) >= 11 is 0. The van der Waals surface area contributed by atoms with Gasteiger partial charge in [0.15, 0.2) is 0 Å². The Morgan fingerprint density at radius 1 is 1.00 bits per heavy atom. The third-order valence-electron chi connectivity index (χ3n) is 4.92. The lowest BCUT2D eigenvalue weighted by molar-refractivity contribution is -0.159. The van der Waals surface area contributed by atoms with E-state index < -0.39 is 18.2 Å². The maximum absolute atomic E-state index is 12.7. The predicted molar refractivity (Wildman–Crippen MR) is 105 cm³/mol. The molecule has 1 heterocycles. The van der Waals surface area contributed by atoms with Crippen molar-refractivity contribution in [2.24, 2.45) is 11.8 Å². The first-order valence-electron chi connectivity index (χ1n) is 9.62. The molecule has 1 aliphatic heterocycles. The molecule has 0 N–H and O–H groups in total. The number of carbonyl (C=O) groups is 2. The Morgan fingerprint density at radius 2 is 1.62 bits per heavy atom. The van der Waals surface area contributed by atoms with Crippen LogP contribution < -0.4 is 12.4 Å². The van der Waals surface area contributed by atoms with Gasteiger partial charge in [-0.15, -0.1) is 0 Å². The van der Waals surface area contributed by atoms with E-state index in [4.69, 9.17) is 14.2 Å². The Hall–Kier alpha value is -2.37. The van der Waals surface area contributed by atoms with Gasteiger partial charge in [-0.3, -0.25) is 4.79 Å². The highest BCUT2D eigenvalue weighted by Gasteiger charge is 2.36. The van der Waals surface area contributed by atoms with E-state index >= 15 is 0 Å². The first kappa shape index (κ1) is 22.9. The van der Waals surface area contributed by atoms with Crippen molar-refractivity contribution < 1.29 is 36.2 Å². The van der Waals surface area contributed by atoms with Gasteiger partial charge in [-0.2, -0.15) is 0 Å². The van der Waals surface area contributed by atoms with Crippen molar-refractivity contribution in [3.63, 3.8) is 0 Å². The minimum atomic E-state index is -0.609. The van der Waals surface area contributed by atoms with E-state index in [1.54, 1.807) is 38.1 Å². The highest BCUT2D eigenvalue weighted by Crippen LogP contribution is 2.24. The second kappa shape index (κ2) is 11.0. The van der Waals surface area contributed by atoms with Gasteiger partial charge in [0.25, 0.3) is 0 Å². The summed E-state index contributed by atoms with van der Waals surface area (Å²) in [6.45, 7) is 4.22. The van der Waals surface area contributed by atoms with Crippen molar-refractivity contribution in [2.75, 3.05) is 13.2 Å². The number of esters is 2.